The highest BCUT2D eigenvalue weighted by Gasteiger charge is 2.43. The van der Waals surface area contributed by atoms with Gasteiger partial charge in [-0.2, -0.15) is 0 Å². The Kier molecular flexibility index (Phi) is 8.72. The van der Waals surface area contributed by atoms with Gasteiger partial charge in [0.1, 0.15) is 23.4 Å². The summed E-state index contributed by atoms with van der Waals surface area (Å²) in [6, 6.07) is 8.92. The molecule has 4 N–H and O–H groups in total. The molecule has 6 rings (SSSR count). The van der Waals surface area contributed by atoms with Gasteiger partial charge in [0.05, 0.1) is 20.3 Å². The number of fused-ring (bicyclic) bond motifs is 5. The molecule has 1 fully saturated rings. The minimum absolute atomic E-state index is 0.0444. The van der Waals surface area contributed by atoms with Crippen LogP contribution in [0.25, 0.3) is 11.1 Å². The number of aromatic hydroxyl groups is 3. The summed E-state index contributed by atoms with van der Waals surface area (Å²) < 4.78 is 24.3. The Morgan fingerprint density at radius 2 is 1.68 bits per heavy atom. The summed E-state index contributed by atoms with van der Waals surface area (Å²) in [5.41, 5.74) is 5.41. The molecule has 1 heterocycles. The van der Waals surface area contributed by atoms with Crippen molar-refractivity contribution < 1.29 is 39.4 Å². The Labute approximate surface area is 259 Å². The first kappa shape index (κ1) is 30.3. The quantitative estimate of drug-likeness (QED) is 0.186. The van der Waals surface area contributed by atoms with Gasteiger partial charge in [0, 0.05) is 28.7 Å². The molecule has 3 aromatic carbocycles. The molecular weight excluding hydrogens is 560 g/mol. The van der Waals surface area contributed by atoms with E-state index in [1.165, 1.54) is 7.11 Å². The smallest absolute Gasteiger partial charge is 0.207 e. The topological polar surface area (TPSA) is 118 Å². The summed E-state index contributed by atoms with van der Waals surface area (Å²) in [6.07, 6.45) is 8.31. The maximum absolute atomic E-state index is 12.1. The van der Waals surface area contributed by atoms with E-state index in [1.807, 2.05) is 18.2 Å². The van der Waals surface area contributed by atoms with E-state index < -0.39 is 12.2 Å². The van der Waals surface area contributed by atoms with Gasteiger partial charge >= 0.3 is 0 Å². The van der Waals surface area contributed by atoms with Gasteiger partial charge in [-0.3, -0.25) is 0 Å². The zero-order chi connectivity index (χ0) is 31.0. The molecule has 3 atom stereocenters. The van der Waals surface area contributed by atoms with Gasteiger partial charge in [-0.25, -0.2) is 0 Å². The number of aliphatic hydroxyl groups is 1. The number of aliphatic hydroxyl groups excluding tert-OH is 1. The lowest BCUT2D eigenvalue weighted by molar-refractivity contribution is -0.00477. The molecule has 0 bridgehead atoms. The summed E-state index contributed by atoms with van der Waals surface area (Å²) in [4.78, 5) is 0. The molecule has 1 saturated carbocycles. The van der Waals surface area contributed by atoms with Crippen LogP contribution in [0.3, 0.4) is 0 Å². The van der Waals surface area contributed by atoms with Crippen molar-refractivity contribution in [2.45, 2.75) is 102 Å². The normalized spacial score (nSPS) is 21.0. The van der Waals surface area contributed by atoms with Crippen molar-refractivity contribution in [2.75, 3.05) is 14.2 Å². The van der Waals surface area contributed by atoms with Gasteiger partial charge in [-0.05, 0) is 79.8 Å². The van der Waals surface area contributed by atoms with Gasteiger partial charge < -0.3 is 39.4 Å². The predicted octanol–water partition coefficient (Wildman–Crippen LogP) is 7.46. The summed E-state index contributed by atoms with van der Waals surface area (Å²) in [5.74, 6) is 0.815. The van der Waals surface area contributed by atoms with E-state index in [9.17, 15) is 20.4 Å². The van der Waals surface area contributed by atoms with E-state index in [0.717, 1.165) is 92.0 Å². The maximum Gasteiger partial charge on any atom is 0.207 e. The van der Waals surface area contributed by atoms with Gasteiger partial charge in [-0.15, -0.1) is 0 Å². The van der Waals surface area contributed by atoms with Crippen LogP contribution in [0.2, 0.25) is 0 Å². The Morgan fingerprint density at radius 1 is 0.886 bits per heavy atom. The highest BCUT2D eigenvalue weighted by molar-refractivity contribution is 5.82. The Morgan fingerprint density at radius 3 is 2.41 bits per heavy atom. The largest absolute Gasteiger partial charge is 0.508 e. The lowest BCUT2D eigenvalue weighted by Crippen LogP contribution is -2.36. The first-order valence-corrected chi connectivity index (χ1v) is 16.1. The number of methoxy groups -OCH3 is 2. The van der Waals surface area contributed by atoms with E-state index in [1.54, 1.807) is 19.2 Å². The molecule has 8 nitrogen and oxygen atoms in total. The average Bonchev–Trinajstić information content (AvgIpc) is 3.03. The van der Waals surface area contributed by atoms with E-state index in [2.05, 4.69) is 6.92 Å². The Balaban J connectivity index is 1.47. The van der Waals surface area contributed by atoms with Crippen LogP contribution in [0.5, 0.6) is 40.2 Å². The molecular formula is C36H44O8. The second kappa shape index (κ2) is 12.7. The second-order valence-corrected chi connectivity index (χ2v) is 12.4. The van der Waals surface area contributed by atoms with Crippen molar-refractivity contribution in [1.82, 2.24) is 0 Å². The summed E-state index contributed by atoms with van der Waals surface area (Å²) in [5, 5.41) is 44.6. The minimum atomic E-state index is -0.985. The van der Waals surface area contributed by atoms with Gasteiger partial charge in [0.2, 0.25) is 11.5 Å². The maximum atomic E-state index is 12.1. The molecule has 8 heteroatoms. The van der Waals surface area contributed by atoms with E-state index in [-0.39, 0.29) is 40.8 Å². The number of ether oxygens (including phenoxy) is 4. The standard InChI is InChI=1S/C36H44O8/c1-4-5-7-12-25-31-24-15-13-20-17-21(37)14-16-23(20)30(24)27(41-2)19-28(31)44-35(32(25)38)26-18-29(34(40)36(42-3)33(26)39)43-22-10-8-6-9-11-22/h14,16-19,22,25,32,35,37-40H,4-13,15H2,1-3H3. The average molecular weight is 605 g/mol. The fourth-order valence-corrected chi connectivity index (χ4v) is 7.47. The van der Waals surface area contributed by atoms with Gasteiger partial charge in [-0.1, -0.05) is 38.7 Å². The lowest BCUT2D eigenvalue weighted by atomic mass is 9.74. The molecule has 0 saturated heterocycles. The second-order valence-electron chi connectivity index (χ2n) is 12.4. The number of aryl methyl sites for hydroxylation is 1. The highest BCUT2D eigenvalue weighted by atomic mass is 16.5. The molecule has 0 aromatic heterocycles. The number of benzene rings is 3. The molecule has 44 heavy (non-hydrogen) atoms. The van der Waals surface area contributed by atoms with Crippen LogP contribution in [-0.2, 0) is 12.8 Å². The van der Waals surface area contributed by atoms with Crippen LogP contribution in [0.15, 0.2) is 30.3 Å². The first-order chi connectivity index (χ1) is 21.4. The van der Waals surface area contributed by atoms with E-state index in [0.29, 0.717) is 23.5 Å². The number of rotatable bonds is 9. The third-order valence-electron chi connectivity index (χ3n) is 9.67. The van der Waals surface area contributed by atoms with Crippen molar-refractivity contribution in [1.29, 1.82) is 0 Å². The third kappa shape index (κ3) is 5.38. The zero-order valence-corrected chi connectivity index (χ0v) is 25.9. The minimum Gasteiger partial charge on any atom is -0.508 e. The monoisotopic (exact) mass is 604 g/mol. The zero-order valence-electron chi connectivity index (χ0n) is 25.9. The van der Waals surface area contributed by atoms with Gasteiger partial charge in [0.15, 0.2) is 17.6 Å². The number of hydrogen-bond donors (Lipinski definition) is 4. The Bertz CT molecular complexity index is 1510. The van der Waals surface area contributed by atoms with Gasteiger partial charge in [0.25, 0.3) is 0 Å². The summed E-state index contributed by atoms with van der Waals surface area (Å²) in [6.45, 7) is 2.16. The molecule has 3 unspecified atom stereocenters. The fraction of sp³-hybridized carbons (Fsp3) is 0.500. The predicted molar refractivity (Wildman–Crippen MR) is 168 cm³/mol. The summed E-state index contributed by atoms with van der Waals surface area (Å²) >= 11 is 0. The van der Waals surface area contributed by atoms with E-state index in [4.69, 9.17) is 18.9 Å². The molecule has 3 aliphatic rings. The summed E-state index contributed by atoms with van der Waals surface area (Å²) in [7, 11) is 3.02. The lowest BCUT2D eigenvalue weighted by Gasteiger charge is -2.40. The molecule has 0 radical (unpaired) electrons. The fourth-order valence-electron chi connectivity index (χ4n) is 7.47. The van der Waals surface area contributed by atoms with Crippen LogP contribution in [0.1, 0.15) is 99.0 Å². The third-order valence-corrected chi connectivity index (χ3v) is 9.67. The van der Waals surface area contributed by atoms with Crippen LogP contribution in [0.4, 0.5) is 0 Å². The van der Waals surface area contributed by atoms with Crippen molar-refractivity contribution in [2.24, 2.45) is 0 Å². The van der Waals surface area contributed by atoms with E-state index >= 15 is 0 Å². The molecule has 0 spiro atoms. The SMILES string of the molecule is CCCCCC1c2c(cc(OC)c3c2CCc2cc(O)ccc2-3)OC(c2cc(OC3CCCCC3)c(O)c(OC)c2O)C1O. The number of unbranched alkanes of at least 4 members (excludes halogenated alkanes) is 2. The number of phenols is 3. The molecule has 3 aromatic rings. The van der Waals surface area contributed by atoms with Crippen LogP contribution in [-0.4, -0.2) is 46.9 Å². The molecule has 236 valence electrons. The highest BCUT2D eigenvalue weighted by Crippen LogP contribution is 2.56. The van der Waals surface area contributed by atoms with Crippen LogP contribution < -0.4 is 18.9 Å². The number of phenolic OH excluding ortho intramolecular Hbond substituents is 3. The van der Waals surface area contributed by atoms with Crippen LogP contribution >= 0.6 is 0 Å². The first-order valence-electron chi connectivity index (χ1n) is 16.1. The molecule has 0 amide bonds. The van der Waals surface area contributed by atoms with Crippen molar-refractivity contribution >= 4 is 0 Å². The number of hydrogen-bond acceptors (Lipinski definition) is 8. The van der Waals surface area contributed by atoms with Crippen molar-refractivity contribution in [3.8, 4) is 51.4 Å². The van der Waals surface area contributed by atoms with Crippen molar-refractivity contribution in [3.05, 3.63) is 52.6 Å². The molecule has 2 aliphatic carbocycles. The van der Waals surface area contributed by atoms with Crippen molar-refractivity contribution in [3.63, 3.8) is 0 Å². The van der Waals surface area contributed by atoms with Crippen LogP contribution in [0, 0.1) is 0 Å². The molecule has 1 aliphatic heterocycles. The Hall–Kier alpha value is -3.78.